The molecule has 3 rings (SSSR count). The number of nitrogen functional groups attached to an aromatic ring is 1. The van der Waals surface area contributed by atoms with Gasteiger partial charge in [0, 0.05) is 23.5 Å². The van der Waals surface area contributed by atoms with Crippen molar-refractivity contribution in [3.05, 3.63) is 40.8 Å². The monoisotopic (exact) mass is 303 g/mol. The van der Waals surface area contributed by atoms with Crippen molar-refractivity contribution in [1.29, 1.82) is 0 Å². The van der Waals surface area contributed by atoms with E-state index in [0.29, 0.717) is 23.7 Å². The van der Waals surface area contributed by atoms with Gasteiger partial charge in [-0.1, -0.05) is 6.07 Å². The Bertz CT molecular complexity index is 676. The standard InChI is InChI=1S/C15H17N3O2S/c1-19-12-4-3-9(5-13(12)20-2)6-14-17-11-8-21-7-10(11)15(16)18-14/h3-5H,6-8H2,1-2H3,(H2,16,17,18). The number of rotatable bonds is 4. The third-order valence-corrected chi connectivity index (χ3v) is 4.44. The first kappa shape index (κ1) is 14.0. The smallest absolute Gasteiger partial charge is 0.161 e. The number of ether oxygens (including phenoxy) is 2. The summed E-state index contributed by atoms with van der Waals surface area (Å²) in [6, 6.07) is 5.82. The summed E-state index contributed by atoms with van der Waals surface area (Å²) in [6.45, 7) is 0. The third-order valence-electron chi connectivity index (χ3n) is 3.47. The van der Waals surface area contributed by atoms with Crippen molar-refractivity contribution in [3.8, 4) is 11.5 Å². The lowest BCUT2D eigenvalue weighted by Gasteiger charge is -2.10. The van der Waals surface area contributed by atoms with Crippen molar-refractivity contribution in [2.24, 2.45) is 0 Å². The van der Waals surface area contributed by atoms with E-state index in [4.69, 9.17) is 15.2 Å². The topological polar surface area (TPSA) is 70.3 Å². The molecule has 0 spiro atoms. The second kappa shape index (κ2) is 5.81. The van der Waals surface area contributed by atoms with Gasteiger partial charge in [-0.3, -0.25) is 0 Å². The van der Waals surface area contributed by atoms with Crippen LogP contribution in [0.15, 0.2) is 18.2 Å². The molecule has 0 saturated heterocycles. The minimum atomic E-state index is 0.612. The molecule has 1 aromatic carbocycles. The van der Waals surface area contributed by atoms with Crippen LogP contribution in [0.2, 0.25) is 0 Å². The van der Waals surface area contributed by atoms with E-state index in [9.17, 15) is 0 Å². The fourth-order valence-corrected chi connectivity index (χ4v) is 3.43. The molecular formula is C15H17N3O2S. The van der Waals surface area contributed by atoms with Crippen LogP contribution in [0.3, 0.4) is 0 Å². The van der Waals surface area contributed by atoms with Gasteiger partial charge in [0.05, 0.1) is 19.9 Å². The average molecular weight is 303 g/mol. The van der Waals surface area contributed by atoms with Crippen LogP contribution in [0.1, 0.15) is 22.6 Å². The van der Waals surface area contributed by atoms with Gasteiger partial charge in [0.2, 0.25) is 0 Å². The molecule has 5 nitrogen and oxygen atoms in total. The number of benzene rings is 1. The van der Waals surface area contributed by atoms with E-state index in [1.54, 1.807) is 14.2 Å². The number of fused-ring (bicyclic) bond motifs is 1. The molecule has 6 heteroatoms. The Kier molecular flexibility index (Phi) is 3.88. The van der Waals surface area contributed by atoms with Gasteiger partial charge < -0.3 is 15.2 Å². The molecule has 0 unspecified atom stereocenters. The fraction of sp³-hybridized carbons (Fsp3) is 0.333. The van der Waals surface area contributed by atoms with Crippen LogP contribution in [0.5, 0.6) is 11.5 Å². The molecule has 0 saturated carbocycles. The van der Waals surface area contributed by atoms with E-state index >= 15 is 0 Å². The van der Waals surface area contributed by atoms with Gasteiger partial charge in [-0.2, -0.15) is 11.8 Å². The molecular weight excluding hydrogens is 286 g/mol. The number of nitrogens with two attached hydrogens (primary N) is 1. The zero-order valence-electron chi connectivity index (χ0n) is 12.0. The molecule has 2 N–H and O–H groups in total. The van der Waals surface area contributed by atoms with E-state index in [2.05, 4.69) is 9.97 Å². The molecule has 0 atom stereocenters. The number of methoxy groups -OCH3 is 2. The molecule has 1 aliphatic heterocycles. The minimum absolute atomic E-state index is 0.612. The lowest BCUT2D eigenvalue weighted by atomic mass is 10.1. The predicted octanol–water partition coefficient (Wildman–Crippen LogP) is 2.41. The van der Waals surface area contributed by atoms with Crippen molar-refractivity contribution >= 4 is 17.6 Å². The van der Waals surface area contributed by atoms with Crippen molar-refractivity contribution in [1.82, 2.24) is 9.97 Å². The highest BCUT2D eigenvalue weighted by Crippen LogP contribution is 2.32. The largest absolute Gasteiger partial charge is 0.493 e. The quantitative estimate of drug-likeness (QED) is 0.935. The summed E-state index contributed by atoms with van der Waals surface area (Å²) >= 11 is 1.82. The second-order valence-electron chi connectivity index (χ2n) is 4.81. The Hall–Kier alpha value is -1.95. The summed E-state index contributed by atoms with van der Waals surface area (Å²) in [5, 5.41) is 0. The van der Waals surface area contributed by atoms with Crippen LogP contribution >= 0.6 is 11.8 Å². The predicted molar refractivity (Wildman–Crippen MR) is 83.8 cm³/mol. The molecule has 2 aromatic rings. The molecule has 21 heavy (non-hydrogen) atoms. The first-order valence-corrected chi connectivity index (χ1v) is 7.79. The summed E-state index contributed by atoms with van der Waals surface area (Å²) in [5.41, 5.74) is 9.25. The Morgan fingerprint density at radius 1 is 1.14 bits per heavy atom. The van der Waals surface area contributed by atoms with Gasteiger partial charge in [0.1, 0.15) is 11.6 Å². The van der Waals surface area contributed by atoms with Crippen LogP contribution in [-0.2, 0) is 17.9 Å². The number of nitrogens with zero attached hydrogens (tertiary/aromatic N) is 2. The van der Waals surface area contributed by atoms with E-state index in [0.717, 1.165) is 34.2 Å². The number of thioether (sulfide) groups is 1. The van der Waals surface area contributed by atoms with E-state index in [-0.39, 0.29) is 0 Å². The Labute approximate surface area is 127 Å². The number of anilines is 1. The lowest BCUT2D eigenvalue weighted by molar-refractivity contribution is 0.354. The second-order valence-corrected chi connectivity index (χ2v) is 5.79. The van der Waals surface area contributed by atoms with E-state index in [1.807, 2.05) is 30.0 Å². The number of hydrogen-bond donors (Lipinski definition) is 1. The van der Waals surface area contributed by atoms with Gasteiger partial charge in [0.15, 0.2) is 11.5 Å². The molecule has 1 aliphatic rings. The molecule has 2 heterocycles. The summed E-state index contributed by atoms with van der Waals surface area (Å²) < 4.78 is 10.6. The molecule has 0 radical (unpaired) electrons. The summed E-state index contributed by atoms with van der Waals surface area (Å²) in [6.07, 6.45) is 0.627. The maximum absolute atomic E-state index is 6.02. The highest BCUT2D eigenvalue weighted by atomic mass is 32.2. The average Bonchev–Trinajstić information content (AvgIpc) is 2.96. The minimum Gasteiger partial charge on any atom is -0.493 e. The molecule has 0 aliphatic carbocycles. The summed E-state index contributed by atoms with van der Waals surface area (Å²) in [7, 11) is 3.25. The Morgan fingerprint density at radius 3 is 2.71 bits per heavy atom. The van der Waals surface area contributed by atoms with E-state index < -0.39 is 0 Å². The van der Waals surface area contributed by atoms with Crippen LogP contribution in [0.4, 0.5) is 5.82 Å². The third kappa shape index (κ3) is 2.76. The van der Waals surface area contributed by atoms with Gasteiger partial charge in [-0.05, 0) is 17.7 Å². The molecule has 1 aromatic heterocycles. The molecule has 110 valence electrons. The zero-order valence-corrected chi connectivity index (χ0v) is 12.9. The van der Waals surface area contributed by atoms with Crippen LogP contribution in [0, 0.1) is 0 Å². The normalized spacial score (nSPS) is 13.0. The van der Waals surface area contributed by atoms with Crippen molar-refractivity contribution in [2.45, 2.75) is 17.9 Å². The Morgan fingerprint density at radius 2 is 1.95 bits per heavy atom. The Balaban J connectivity index is 1.88. The number of aromatic nitrogens is 2. The first-order chi connectivity index (χ1) is 10.2. The van der Waals surface area contributed by atoms with Crippen molar-refractivity contribution in [2.75, 3.05) is 20.0 Å². The molecule has 0 amide bonds. The maximum atomic E-state index is 6.02. The van der Waals surface area contributed by atoms with Crippen LogP contribution in [-0.4, -0.2) is 24.2 Å². The van der Waals surface area contributed by atoms with E-state index in [1.165, 1.54) is 0 Å². The highest BCUT2D eigenvalue weighted by Gasteiger charge is 2.18. The maximum Gasteiger partial charge on any atom is 0.161 e. The van der Waals surface area contributed by atoms with Crippen LogP contribution in [0.25, 0.3) is 0 Å². The zero-order chi connectivity index (χ0) is 14.8. The molecule has 0 bridgehead atoms. The van der Waals surface area contributed by atoms with Gasteiger partial charge in [0.25, 0.3) is 0 Å². The van der Waals surface area contributed by atoms with Crippen molar-refractivity contribution in [3.63, 3.8) is 0 Å². The van der Waals surface area contributed by atoms with Gasteiger partial charge in [-0.15, -0.1) is 0 Å². The van der Waals surface area contributed by atoms with Gasteiger partial charge >= 0.3 is 0 Å². The summed E-state index contributed by atoms with van der Waals surface area (Å²) in [4.78, 5) is 9.04. The van der Waals surface area contributed by atoms with Crippen molar-refractivity contribution < 1.29 is 9.47 Å². The SMILES string of the molecule is COc1ccc(Cc2nc(N)c3c(n2)CSC3)cc1OC. The fourth-order valence-electron chi connectivity index (χ4n) is 2.38. The van der Waals surface area contributed by atoms with Crippen LogP contribution < -0.4 is 15.2 Å². The summed E-state index contributed by atoms with van der Waals surface area (Å²) in [5.74, 6) is 4.62. The highest BCUT2D eigenvalue weighted by molar-refractivity contribution is 7.98. The first-order valence-electron chi connectivity index (χ1n) is 6.64. The molecule has 0 fully saturated rings. The lowest BCUT2D eigenvalue weighted by Crippen LogP contribution is -2.06. The number of hydrogen-bond acceptors (Lipinski definition) is 6. The van der Waals surface area contributed by atoms with Gasteiger partial charge in [-0.25, -0.2) is 9.97 Å².